The van der Waals surface area contributed by atoms with Crippen LogP contribution in [-0.2, 0) is 9.36 Å². The molecule has 1 unspecified atom stereocenters. The molecule has 4 heteroatoms. The van der Waals surface area contributed by atoms with Gasteiger partial charge in [-0.2, -0.15) is 0 Å². The minimum atomic E-state index is -0.370. The Kier molecular flexibility index (Phi) is 5.17. The first-order valence-electron chi connectivity index (χ1n) is 5.46. The second-order valence-corrected chi connectivity index (χ2v) is 4.72. The fraction of sp³-hybridized carbons (Fsp3) is 0.385. The Morgan fingerprint density at radius 3 is 2.35 bits per heavy atom. The lowest BCUT2D eigenvalue weighted by molar-refractivity contribution is -0.119. The van der Waals surface area contributed by atoms with Gasteiger partial charge in [0.05, 0.1) is 6.16 Å². The third-order valence-corrected chi connectivity index (χ3v) is 3.08. The van der Waals surface area contributed by atoms with E-state index in [9.17, 15) is 14.2 Å². The Bertz CT molecular complexity index is 423. The van der Waals surface area contributed by atoms with E-state index < -0.39 is 0 Å². The highest BCUT2D eigenvalue weighted by Gasteiger charge is 2.17. The molecule has 0 aliphatic heterocycles. The van der Waals surface area contributed by atoms with Crippen LogP contribution in [0.15, 0.2) is 24.3 Å². The Labute approximate surface area is 102 Å². The summed E-state index contributed by atoms with van der Waals surface area (Å²) in [6.45, 7) is 3.65. The third kappa shape index (κ3) is 4.20. The summed E-state index contributed by atoms with van der Waals surface area (Å²) in [6, 6.07) is 7.27. The van der Waals surface area contributed by atoms with Gasteiger partial charge in [-0.15, -0.1) is 0 Å². The van der Waals surface area contributed by atoms with Gasteiger partial charge in [-0.3, -0.25) is 14.2 Å². The van der Waals surface area contributed by atoms with E-state index in [1.807, 2.05) is 19.1 Å². The number of carbonyl (C=O) groups is 2. The minimum absolute atomic E-state index is 0.0116. The Morgan fingerprint density at radius 2 is 1.82 bits per heavy atom. The first-order chi connectivity index (χ1) is 8.04. The van der Waals surface area contributed by atoms with Crippen LogP contribution in [0.2, 0.25) is 0 Å². The minimum Gasteiger partial charge on any atom is -0.299 e. The fourth-order valence-electron chi connectivity index (χ4n) is 1.47. The molecule has 0 heterocycles. The van der Waals surface area contributed by atoms with Crippen LogP contribution in [0.4, 0.5) is 0 Å². The maximum Gasteiger partial charge on any atom is 0.163 e. The molecule has 0 amide bonds. The predicted octanol–water partition coefficient (Wildman–Crippen LogP) is 3.06. The number of ketones is 2. The summed E-state index contributed by atoms with van der Waals surface area (Å²) >= 11 is 0. The van der Waals surface area contributed by atoms with Crippen molar-refractivity contribution in [1.82, 2.24) is 0 Å². The van der Waals surface area contributed by atoms with E-state index in [0.717, 1.165) is 5.56 Å². The summed E-state index contributed by atoms with van der Waals surface area (Å²) in [4.78, 5) is 23.2. The van der Waals surface area contributed by atoms with Gasteiger partial charge in [-0.1, -0.05) is 36.8 Å². The molecular weight excluding hydrogens is 235 g/mol. The van der Waals surface area contributed by atoms with Crippen molar-refractivity contribution in [2.24, 2.45) is 5.92 Å². The number of aryl methyl sites for hydroxylation is 1. The van der Waals surface area contributed by atoms with Crippen LogP contribution >= 0.6 is 8.46 Å². The zero-order valence-corrected chi connectivity index (χ0v) is 10.9. The maximum absolute atomic E-state index is 11.8. The number of carbonyl (C=O) groups excluding carboxylic acids is 2. The molecular formula is C13H15O3P. The number of benzene rings is 1. The standard InChI is InChI=1S/C13H15O3P/c1-9-3-5-11(6-4-9)12(14)7-10(2)13(15)8-17-16/h3-6,10H,7-8H2,1-2H3. The van der Waals surface area contributed by atoms with Crippen molar-refractivity contribution in [2.75, 3.05) is 6.16 Å². The van der Waals surface area contributed by atoms with Gasteiger partial charge in [0.2, 0.25) is 0 Å². The number of rotatable bonds is 6. The van der Waals surface area contributed by atoms with E-state index in [1.165, 1.54) is 0 Å². The summed E-state index contributed by atoms with van der Waals surface area (Å²) in [5, 5.41) is 0. The van der Waals surface area contributed by atoms with Crippen molar-refractivity contribution in [3.05, 3.63) is 35.4 Å². The second-order valence-electron chi connectivity index (χ2n) is 4.15. The number of hydrogen-bond acceptors (Lipinski definition) is 3. The van der Waals surface area contributed by atoms with Crippen molar-refractivity contribution < 1.29 is 14.2 Å². The van der Waals surface area contributed by atoms with Crippen molar-refractivity contribution in [2.45, 2.75) is 20.3 Å². The fourth-order valence-corrected chi connectivity index (χ4v) is 1.91. The Balaban J connectivity index is 2.63. The smallest absolute Gasteiger partial charge is 0.163 e. The molecule has 0 aromatic heterocycles. The monoisotopic (exact) mass is 250 g/mol. The van der Waals surface area contributed by atoms with Crippen molar-refractivity contribution >= 4 is 20.0 Å². The maximum atomic E-state index is 11.8. The molecule has 0 N–H and O–H groups in total. The number of Topliss-reactive ketones (excluding diaryl/α,β-unsaturated/α-hetero) is 2. The van der Waals surface area contributed by atoms with Gasteiger partial charge in [0.15, 0.2) is 14.2 Å². The predicted molar refractivity (Wildman–Crippen MR) is 66.8 cm³/mol. The molecule has 90 valence electrons. The SMILES string of the molecule is Cc1ccc(C(=O)CC(C)C(=O)CP=O)cc1. The quantitative estimate of drug-likeness (QED) is 0.576. The molecule has 0 bridgehead atoms. The molecule has 0 aliphatic carbocycles. The zero-order chi connectivity index (χ0) is 12.8. The zero-order valence-electron chi connectivity index (χ0n) is 9.97. The van der Waals surface area contributed by atoms with E-state index >= 15 is 0 Å². The lowest BCUT2D eigenvalue weighted by Crippen LogP contribution is -2.16. The van der Waals surface area contributed by atoms with E-state index in [4.69, 9.17) is 0 Å². The van der Waals surface area contributed by atoms with E-state index in [0.29, 0.717) is 5.56 Å². The second kappa shape index (κ2) is 6.41. The highest BCUT2D eigenvalue weighted by Crippen LogP contribution is 2.13. The van der Waals surface area contributed by atoms with Crippen LogP contribution in [0.5, 0.6) is 0 Å². The number of hydrogen-bond donors (Lipinski definition) is 0. The van der Waals surface area contributed by atoms with Gasteiger partial charge in [-0.05, 0) is 6.92 Å². The van der Waals surface area contributed by atoms with Crippen molar-refractivity contribution in [1.29, 1.82) is 0 Å². The first kappa shape index (κ1) is 13.7. The van der Waals surface area contributed by atoms with Crippen LogP contribution in [0.25, 0.3) is 0 Å². The Hall–Kier alpha value is -1.34. The molecule has 1 aromatic carbocycles. The summed E-state index contributed by atoms with van der Waals surface area (Å²) in [5.41, 5.74) is 1.71. The molecule has 1 atom stereocenters. The molecule has 3 nitrogen and oxygen atoms in total. The van der Waals surface area contributed by atoms with Gasteiger partial charge < -0.3 is 0 Å². The van der Waals surface area contributed by atoms with Gasteiger partial charge in [0.1, 0.15) is 5.78 Å². The molecule has 1 rings (SSSR count). The first-order valence-corrected chi connectivity index (χ1v) is 6.46. The van der Waals surface area contributed by atoms with Crippen molar-refractivity contribution in [3.8, 4) is 0 Å². The molecule has 0 aliphatic rings. The Morgan fingerprint density at radius 1 is 1.24 bits per heavy atom. The summed E-state index contributed by atoms with van der Waals surface area (Å²) in [6.07, 6.45) is 0.166. The largest absolute Gasteiger partial charge is 0.299 e. The molecule has 0 saturated carbocycles. The highest BCUT2D eigenvalue weighted by molar-refractivity contribution is 7.25. The van der Waals surface area contributed by atoms with Gasteiger partial charge in [0.25, 0.3) is 0 Å². The normalized spacial score (nSPS) is 12.4. The lowest BCUT2D eigenvalue weighted by Gasteiger charge is -2.07. The summed E-state index contributed by atoms with van der Waals surface area (Å²) in [5.74, 6) is -0.555. The van der Waals surface area contributed by atoms with Crippen LogP contribution in [0.1, 0.15) is 29.3 Å². The van der Waals surface area contributed by atoms with Crippen LogP contribution in [-0.4, -0.2) is 17.7 Å². The molecule has 0 radical (unpaired) electrons. The van der Waals surface area contributed by atoms with Crippen molar-refractivity contribution in [3.63, 3.8) is 0 Å². The molecule has 0 spiro atoms. The summed E-state index contributed by atoms with van der Waals surface area (Å²) < 4.78 is 10.3. The van der Waals surface area contributed by atoms with Crippen LogP contribution < -0.4 is 0 Å². The van der Waals surface area contributed by atoms with Gasteiger partial charge in [-0.25, -0.2) is 0 Å². The van der Waals surface area contributed by atoms with Crippen LogP contribution in [0, 0.1) is 12.8 Å². The average molecular weight is 250 g/mol. The molecule has 17 heavy (non-hydrogen) atoms. The topological polar surface area (TPSA) is 51.2 Å². The molecule has 0 fully saturated rings. The lowest BCUT2D eigenvalue weighted by atomic mass is 9.96. The van der Waals surface area contributed by atoms with E-state index in [2.05, 4.69) is 0 Å². The highest BCUT2D eigenvalue weighted by atomic mass is 31.1. The molecule has 0 saturated heterocycles. The van der Waals surface area contributed by atoms with Crippen LogP contribution in [0.3, 0.4) is 0 Å². The van der Waals surface area contributed by atoms with E-state index in [1.54, 1.807) is 19.1 Å². The molecule has 1 aromatic rings. The van der Waals surface area contributed by atoms with Gasteiger partial charge >= 0.3 is 0 Å². The summed E-state index contributed by atoms with van der Waals surface area (Å²) in [7, 11) is -0.183. The van der Waals surface area contributed by atoms with E-state index in [-0.39, 0.29) is 38.5 Å². The van der Waals surface area contributed by atoms with Gasteiger partial charge in [0, 0.05) is 17.9 Å². The average Bonchev–Trinajstić information content (AvgIpc) is 2.30. The third-order valence-electron chi connectivity index (χ3n) is 2.64.